The molecule has 3 nitrogen and oxygen atoms in total. The molecule has 0 radical (unpaired) electrons. The molecule has 17 heavy (non-hydrogen) atoms. The standard InChI is InChI=1S/C14H31N3/c1-5-15-10-7-13(3)16(4)14-8-11-17(6-2)12-9-14/h13-15H,5-12H2,1-4H3. The number of piperidine rings is 1. The molecule has 1 unspecified atom stereocenters. The van der Waals surface area contributed by atoms with Crippen LogP contribution in [0, 0.1) is 0 Å². The molecule has 1 heterocycles. The fraction of sp³-hybridized carbons (Fsp3) is 1.00. The summed E-state index contributed by atoms with van der Waals surface area (Å²) in [4.78, 5) is 5.16. The number of nitrogens with one attached hydrogen (secondary N) is 1. The summed E-state index contributed by atoms with van der Waals surface area (Å²) in [7, 11) is 2.31. The average molecular weight is 241 g/mol. The first-order valence-corrected chi connectivity index (χ1v) is 7.34. The monoisotopic (exact) mass is 241 g/mol. The molecule has 1 aliphatic rings. The summed E-state index contributed by atoms with van der Waals surface area (Å²) in [6.45, 7) is 12.8. The first-order chi connectivity index (χ1) is 8.19. The van der Waals surface area contributed by atoms with Crippen LogP contribution in [0.4, 0.5) is 0 Å². The first-order valence-electron chi connectivity index (χ1n) is 7.34. The molecule has 1 atom stereocenters. The molecule has 1 rings (SSSR count). The lowest BCUT2D eigenvalue weighted by atomic mass is 10.0. The van der Waals surface area contributed by atoms with Gasteiger partial charge in [-0.05, 0) is 66.0 Å². The van der Waals surface area contributed by atoms with E-state index in [9.17, 15) is 0 Å². The Hall–Kier alpha value is -0.120. The number of likely N-dealkylation sites (tertiary alicyclic amines) is 1. The second-order valence-electron chi connectivity index (χ2n) is 5.32. The largest absolute Gasteiger partial charge is 0.317 e. The van der Waals surface area contributed by atoms with Crippen LogP contribution in [0.15, 0.2) is 0 Å². The molecule has 1 N–H and O–H groups in total. The number of rotatable bonds is 7. The number of hydrogen-bond acceptors (Lipinski definition) is 3. The van der Waals surface area contributed by atoms with Crippen molar-refractivity contribution in [2.24, 2.45) is 0 Å². The molecule has 0 amide bonds. The molecule has 0 aromatic carbocycles. The maximum atomic E-state index is 3.42. The van der Waals surface area contributed by atoms with Crippen molar-refractivity contribution in [2.75, 3.05) is 39.8 Å². The highest BCUT2D eigenvalue weighted by molar-refractivity contribution is 4.80. The Morgan fingerprint density at radius 3 is 2.47 bits per heavy atom. The van der Waals surface area contributed by atoms with Crippen molar-refractivity contribution < 1.29 is 0 Å². The van der Waals surface area contributed by atoms with Crippen LogP contribution >= 0.6 is 0 Å². The molecule has 1 fully saturated rings. The number of nitrogens with zero attached hydrogens (tertiary/aromatic N) is 2. The van der Waals surface area contributed by atoms with Crippen LogP contribution in [0.3, 0.4) is 0 Å². The van der Waals surface area contributed by atoms with Gasteiger partial charge >= 0.3 is 0 Å². The molecule has 0 saturated carbocycles. The molecule has 1 aliphatic heterocycles. The van der Waals surface area contributed by atoms with E-state index in [1.807, 2.05) is 0 Å². The van der Waals surface area contributed by atoms with E-state index in [0.717, 1.165) is 19.1 Å². The third kappa shape index (κ3) is 4.94. The van der Waals surface area contributed by atoms with E-state index in [1.54, 1.807) is 0 Å². The van der Waals surface area contributed by atoms with Crippen LogP contribution in [-0.2, 0) is 0 Å². The van der Waals surface area contributed by atoms with Crippen LogP contribution in [0.2, 0.25) is 0 Å². The summed E-state index contributed by atoms with van der Waals surface area (Å²) in [5.41, 5.74) is 0. The van der Waals surface area contributed by atoms with Crippen LogP contribution in [0.1, 0.15) is 40.0 Å². The fourth-order valence-corrected chi connectivity index (χ4v) is 2.69. The highest BCUT2D eigenvalue weighted by Crippen LogP contribution is 2.18. The zero-order valence-corrected chi connectivity index (χ0v) is 12.2. The third-order valence-corrected chi connectivity index (χ3v) is 4.26. The van der Waals surface area contributed by atoms with Gasteiger partial charge in [-0.15, -0.1) is 0 Å². The molecule has 0 aromatic heterocycles. The smallest absolute Gasteiger partial charge is 0.0119 e. The zero-order valence-electron chi connectivity index (χ0n) is 12.2. The molecule has 0 bridgehead atoms. The van der Waals surface area contributed by atoms with Gasteiger partial charge in [0, 0.05) is 12.1 Å². The minimum Gasteiger partial charge on any atom is -0.317 e. The summed E-state index contributed by atoms with van der Waals surface area (Å²) >= 11 is 0. The van der Waals surface area contributed by atoms with Crippen LogP contribution in [0.5, 0.6) is 0 Å². The maximum Gasteiger partial charge on any atom is 0.0119 e. The molecule has 0 spiro atoms. The Bertz CT molecular complexity index is 188. The van der Waals surface area contributed by atoms with Gasteiger partial charge in [0.15, 0.2) is 0 Å². The highest BCUT2D eigenvalue weighted by Gasteiger charge is 2.24. The molecule has 0 aromatic rings. The van der Waals surface area contributed by atoms with Crippen molar-refractivity contribution in [3.63, 3.8) is 0 Å². The lowest BCUT2D eigenvalue weighted by molar-refractivity contribution is 0.101. The summed E-state index contributed by atoms with van der Waals surface area (Å²) in [6, 6.07) is 1.50. The van der Waals surface area contributed by atoms with Crippen molar-refractivity contribution in [1.29, 1.82) is 0 Å². The van der Waals surface area contributed by atoms with Gasteiger partial charge in [0.1, 0.15) is 0 Å². The van der Waals surface area contributed by atoms with Gasteiger partial charge in [-0.25, -0.2) is 0 Å². The Balaban J connectivity index is 2.24. The lowest BCUT2D eigenvalue weighted by Gasteiger charge is -2.39. The van der Waals surface area contributed by atoms with E-state index < -0.39 is 0 Å². The average Bonchev–Trinajstić information content (AvgIpc) is 2.38. The predicted molar refractivity (Wildman–Crippen MR) is 75.5 cm³/mol. The summed E-state index contributed by atoms with van der Waals surface area (Å²) in [6.07, 6.45) is 3.95. The summed E-state index contributed by atoms with van der Waals surface area (Å²) in [5, 5.41) is 3.42. The quantitative estimate of drug-likeness (QED) is 0.686. The predicted octanol–water partition coefficient (Wildman–Crippen LogP) is 1.79. The Morgan fingerprint density at radius 1 is 1.29 bits per heavy atom. The summed E-state index contributed by atoms with van der Waals surface area (Å²) < 4.78 is 0. The maximum absolute atomic E-state index is 3.42. The minimum atomic E-state index is 0.701. The zero-order chi connectivity index (χ0) is 12.7. The van der Waals surface area contributed by atoms with Gasteiger partial charge in [0.05, 0.1) is 0 Å². The van der Waals surface area contributed by atoms with Crippen molar-refractivity contribution in [1.82, 2.24) is 15.1 Å². The van der Waals surface area contributed by atoms with Gasteiger partial charge in [-0.1, -0.05) is 13.8 Å². The second kappa shape index (κ2) is 8.06. The van der Waals surface area contributed by atoms with E-state index >= 15 is 0 Å². The molecular formula is C14H31N3. The molecule has 1 saturated heterocycles. The van der Waals surface area contributed by atoms with Crippen LogP contribution < -0.4 is 5.32 Å². The third-order valence-electron chi connectivity index (χ3n) is 4.26. The van der Waals surface area contributed by atoms with Crippen molar-refractivity contribution in [3.8, 4) is 0 Å². The van der Waals surface area contributed by atoms with E-state index in [-0.39, 0.29) is 0 Å². The topological polar surface area (TPSA) is 18.5 Å². The Labute approximate surface area is 108 Å². The Kier molecular flexibility index (Phi) is 7.09. The molecule has 0 aliphatic carbocycles. The normalized spacial score (nSPS) is 21.0. The highest BCUT2D eigenvalue weighted by atomic mass is 15.2. The van der Waals surface area contributed by atoms with E-state index in [4.69, 9.17) is 0 Å². The van der Waals surface area contributed by atoms with Crippen molar-refractivity contribution >= 4 is 0 Å². The van der Waals surface area contributed by atoms with Gasteiger partial charge in [0.2, 0.25) is 0 Å². The SMILES string of the molecule is CCNCCC(C)N(C)C1CCN(CC)CC1. The fourth-order valence-electron chi connectivity index (χ4n) is 2.69. The van der Waals surface area contributed by atoms with Crippen LogP contribution in [0.25, 0.3) is 0 Å². The molecule has 3 heteroatoms. The Morgan fingerprint density at radius 2 is 1.94 bits per heavy atom. The minimum absolute atomic E-state index is 0.701. The van der Waals surface area contributed by atoms with Gasteiger partial charge < -0.3 is 15.1 Å². The number of hydrogen-bond donors (Lipinski definition) is 1. The second-order valence-corrected chi connectivity index (χ2v) is 5.32. The van der Waals surface area contributed by atoms with Gasteiger partial charge in [-0.2, -0.15) is 0 Å². The lowest BCUT2D eigenvalue weighted by Crippen LogP contribution is -2.46. The van der Waals surface area contributed by atoms with E-state index in [1.165, 1.54) is 38.9 Å². The van der Waals surface area contributed by atoms with E-state index in [0.29, 0.717) is 6.04 Å². The van der Waals surface area contributed by atoms with Crippen molar-refractivity contribution in [3.05, 3.63) is 0 Å². The van der Waals surface area contributed by atoms with Gasteiger partial charge in [-0.3, -0.25) is 0 Å². The summed E-state index contributed by atoms with van der Waals surface area (Å²) in [5.74, 6) is 0. The first kappa shape index (κ1) is 14.9. The van der Waals surface area contributed by atoms with Gasteiger partial charge in [0.25, 0.3) is 0 Å². The molecular weight excluding hydrogens is 210 g/mol. The van der Waals surface area contributed by atoms with E-state index in [2.05, 4.69) is 42.9 Å². The van der Waals surface area contributed by atoms with Crippen LogP contribution in [-0.4, -0.2) is 61.7 Å². The van der Waals surface area contributed by atoms with Crippen molar-refractivity contribution in [2.45, 2.75) is 52.1 Å². The molecule has 102 valence electrons.